The molecule has 1 fully saturated rings. The molecule has 43 heavy (non-hydrogen) atoms. The minimum absolute atomic E-state index is 0.141. The zero-order valence-corrected chi connectivity index (χ0v) is 24.7. The van der Waals surface area contributed by atoms with Gasteiger partial charge in [-0.25, -0.2) is 21.6 Å². The summed E-state index contributed by atoms with van der Waals surface area (Å²) in [6, 6.07) is 11.9. The third-order valence-electron chi connectivity index (χ3n) is 6.73. The second kappa shape index (κ2) is 14.9. The Labute approximate surface area is 249 Å². The molecule has 0 aliphatic carbocycles. The molecule has 1 aliphatic heterocycles. The minimum Gasteiger partial charge on any atom is -0.493 e. The van der Waals surface area contributed by atoms with Gasteiger partial charge in [-0.15, -0.1) is 0 Å². The molecule has 1 aromatic heterocycles. The fourth-order valence-corrected chi connectivity index (χ4v) is 5.66. The number of likely N-dealkylation sites (tertiary alicyclic amines) is 1. The first-order chi connectivity index (χ1) is 20.6. The molecule has 230 valence electrons. The van der Waals surface area contributed by atoms with E-state index in [-0.39, 0.29) is 17.2 Å². The van der Waals surface area contributed by atoms with E-state index < -0.39 is 32.4 Å². The van der Waals surface area contributed by atoms with Crippen LogP contribution in [-0.4, -0.2) is 51.7 Å². The van der Waals surface area contributed by atoms with Crippen LogP contribution in [0, 0.1) is 23.4 Å². The van der Waals surface area contributed by atoms with Crippen LogP contribution in [0.1, 0.15) is 26.2 Å². The molecule has 0 bridgehead atoms. The molecule has 0 spiro atoms. The van der Waals surface area contributed by atoms with E-state index in [1.165, 1.54) is 44.3 Å². The maximum Gasteiger partial charge on any atom is 0.262 e. The lowest BCUT2D eigenvalue weighted by molar-refractivity contribution is 0.169. The molecule has 3 aromatic rings. The summed E-state index contributed by atoms with van der Waals surface area (Å²) in [5.41, 5.74) is -0.141. The van der Waals surface area contributed by atoms with Crippen molar-refractivity contribution in [2.75, 3.05) is 38.1 Å². The summed E-state index contributed by atoms with van der Waals surface area (Å²) in [7, 11) is -2.80. The molecule has 0 radical (unpaired) electrons. The van der Waals surface area contributed by atoms with Crippen molar-refractivity contribution >= 4 is 15.7 Å². The molecule has 0 amide bonds. The van der Waals surface area contributed by atoms with Crippen molar-refractivity contribution in [3.05, 3.63) is 90.5 Å². The topological polar surface area (TPSA) is 90.0 Å². The smallest absolute Gasteiger partial charge is 0.262 e. The monoisotopic (exact) mass is 617 g/mol. The summed E-state index contributed by atoms with van der Waals surface area (Å²) in [4.78, 5) is 6.12. The predicted octanol–water partition coefficient (Wildman–Crippen LogP) is 6.73. The fourth-order valence-electron chi connectivity index (χ4n) is 4.60. The Bertz CT molecular complexity index is 1570. The summed E-state index contributed by atoms with van der Waals surface area (Å²) in [6.07, 6.45) is 6.36. The van der Waals surface area contributed by atoms with Gasteiger partial charge < -0.3 is 19.1 Å². The van der Waals surface area contributed by atoms with Crippen LogP contribution in [0.2, 0.25) is 0 Å². The van der Waals surface area contributed by atoms with Gasteiger partial charge in [0, 0.05) is 37.6 Å². The second-order valence-electron chi connectivity index (χ2n) is 10.1. The first-order valence-electron chi connectivity index (χ1n) is 13.8. The van der Waals surface area contributed by atoms with E-state index in [0.29, 0.717) is 36.2 Å². The van der Waals surface area contributed by atoms with E-state index >= 15 is 0 Å². The average molecular weight is 618 g/mol. The summed E-state index contributed by atoms with van der Waals surface area (Å²) in [6.45, 7) is 5.94. The number of piperidine rings is 1. The van der Waals surface area contributed by atoms with Crippen LogP contribution >= 0.6 is 0 Å². The number of nitrogens with zero attached hydrogens (tertiary/aromatic N) is 2. The summed E-state index contributed by atoms with van der Waals surface area (Å²) >= 11 is 0. The van der Waals surface area contributed by atoms with Crippen molar-refractivity contribution in [3.8, 4) is 23.0 Å². The van der Waals surface area contributed by atoms with Gasteiger partial charge >= 0.3 is 0 Å². The van der Waals surface area contributed by atoms with Crippen molar-refractivity contribution in [1.82, 2.24) is 9.88 Å². The minimum atomic E-state index is -4.30. The second-order valence-corrected chi connectivity index (χ2v) is 11.8. The van der Waals surface area contributed by atoms with Gasteiger partial charge in [-0.2, -0.15) is 0 Å². The van der Waals surface area contributed by atoms with Crippen molar-refractivity contribution in [3.63, 3.8) is 0 Å². The van der Waals surface area contributed by atoms with Crippen molar-refractivity contribution in [2.45, 2.75) is 31.1 Å². The number of ether oxygens (including phenoxy) is 3. The van der Waals surface area contributed by atoms with Gasteiger partial charge in [0.15, 0.2) is 34.7 Å². The van der Waals surface area contributed by atoms with Crippen LogP contribution in [0.3, 0.4) is 0 Å². The number of rotatable bonds is 11. The highest BCUT2D eigenvalue weighted by molar-refractivity contribution is 7.92. The number of hydrogen-bond acceptors (Lipinski definition) is 7. The van der Waals surface area contributed by atoms with Crippen molar-refractivity contribution < 1.29 is 35.8 Å². The van der Waals surface area contributed by atoms with Gasteiger partial charge in [0.2, 0.25) is 0 Å². The van der Waals surface area contributed by atoms with Gasteiger partial charge in [0.1, 0.15) is 5.75 Å². The lowest BCUT2D eigenvalue weighted by Gasteiger charge is -2.30. The Kier molecular flexibility index (Phi) is 11.1. The van der Waals surface area contributed by atoms with Gasteiger partial charge in [-0.1, -0.05) is 6.92 Å². The summed E-state index contributed by atoms with van der Waals surface area (Å²) in [5.74, 6) is -1.76. The summed E-state index contributed by atoms with van der Waals surface area (Å²) < 4.78 is 86.1. The Morgan fingerprint density at radius 1 is 0.930 bits per heavy atom. The van der Waals surface area contributed by atoms with Crippen LogP contribution in [0.15, 0.2) is 78.0 Å². The van der Waals surface area contributed by atoms with Crippen LogP contribution in [0.5, 0.6) is 23.0 Å². The van der Waals surface area contributed by atoms with E-state index in [1.54, 1.807) is 24.4 Å². The first kappa shape index (κ1) is 31.9. The van der Waals surface area contributed by atoms with Crippen molar-refractivity contribution in [1.29, 1.82) is 0 Å². The Morgan fingerprint density at radius 2 is 1.72 bits per heavy atom. The molecule has 1 saturated heterocycles. The molecule has 1 unspecified atom stereocenters. The number of nitrogens with one attached hydrogen (secondary N) is 1. The zero-order valence-electron chi connectivity index (χ0n) is 23.9. The molecule has 2 aromatic carbocycles. The quantitative estimate of drug-likeness (QED) is 0.239. The highest BCUT2D eigenvalue weighted by Crippen LogP contribution is 2.29. The normalized spacial score (nSPS) is 15.3. The number of benzene rings is 2. The van der Waals surface area contributed by atoms with Gasteiger partial charge in [0.25, 0.3) is 10.0 Å². The predicted molar refractivity (Wildman–Crippen MR) is 157 cm³/mol. The largest absolute Gasteiger partial charge is 0.493 e. The number of anilines is 1. The van der Waals surface area contributed by atoms with E-state index in [9.17, 15) is 21.6 Å². The molecule has 8 nitrogen and oxygen atoms in total. The zero-order chi connectivity index (χ0) is 30.8. The molecule has 1 aliphatic rings. The first-order valence-corrected chi connectivity index (χ1v) is 15.3. The van der Waals surface area contributed by atoms with E-state index in [1.807, 2.05) is 0 Å². The number of methoxy groups -OCH3 is 1. The molecule has 1 N–H and O–H groups in total. The molecule has 12 heteroatoms. The standard InChI is InChI=1S/C31H34F3N3O5S/c1-22-5-3-16-37(21-22)17-4-18-41-31-13-15-35-14-12-24(7-11-30(31)40-2)42-29-10-6-23(19-28(29)34)36-43(38,39)25-8-9-26(32)27(33)20-25/h6-15,19-20,22,36H,3-5,16-18,21H2,1-2H3. The molecule has 1 atom stereocenters. The van der Waals surface area contributed by atoms with Gasteiger partial charge in [-0.3, -0.25) is 9.71 Å². The van der Waals surface area contributed by atoms with Gasteiger partial charge in [-0.05, 0) is 80.3 Å². The van der Waals surface area contributed by atoms with Gasteiger partial charge in [0.05, 0.1) is 24.3 Å². The molecule has 4 rings (SSSR count). The van der Waals surface area contributed by atoms with Crippen LogP contribution < -0.4 is 18.9 Å². The third-order valence-corrected chi connectivity index (χ3v) is 8.11. The average Bonchev–Trinajstić information content (AvgIpc) is 2.97. The van der Waals surface area contributed by atoms with Crippen LogP contribution in [0.4, 0.5) is 18.9 Å². The third kappa shape index (κ3) is 9.23. The lowest BCUT2D eigenvalue weighted by Crippen LogP contribution is -2.35. The van der Waals surface area contributed by atoms with E-state index in [2.05, 4.69) is 21.5 Å². The number of hydrogen-bond donors (Lipinski definition) is 1. The Morgan fingerprint density at radius 3 is 2.47 bits per heavy atom. The van der Waals surface area contributed by atoms with Crippen LogP contribution in [-0.2, 0) is 10.0 Å². The number of halogens is 3. The Balaban J connectivity index is 1.45. The van der Waals surface area contributed by atoms with Crippen molar-refractivity contribution in [2.24, 2.45) is 5.92 Å². The lowest BCUT2D eigenvalue weighted by atomic mass is 10.0. The fraction of sp³-hybridized carbons (Fsp3) is 0.323. The molecular formula is C31H34F3N3O5S. The van der Waals surface area contributed by atoms with E-state index in [4.69, 9.17) is 14.2 Å². The van der Waals surface area contributed by atoms with E-state index in [0.717, 1.165) is 38.2 Å². The number of aromatic nitrogens is 1. The molecular weight excluding hydrogens is 583 g/mol. The SMILES string of the molecule is COc1ccc(Oc2ccc(NS(=O)(=O)c3ccc(F)c(F)c3)cc2F)ccnccc1OCCCN1CCCC(C)C1. The highest BCUT2D eigenvalue weighted by atomic mass is 32.2. The maximum atomic E-state index is 14.9. The Hall–Kier alpha value is -4.03. The summed E-state index contributed by atoms with van der Waals surface area (Å²) in [5, 5.41) is 0. The maximum absolute atomic E-state index is 14.9. The molecule has 2 heterocycles. The van der Waals surface area contributed by atoms with Crippen LogP contribution in [0.25, 0.3) is 0 Å². The number of sulfonamides is 1. The molecule has 0 saturated carbocycles. The highest BCUT2D eigenvalue weighted by Gasteiger charge is 2.18.